The molecule has 0 radical (unpaired) electrons. The number of imide groups is 1. The average molecular weight is 315 g/mol. The Morgan fingerprint density at radius 3 is 2.65 bits per heavy atom. The molecule has 0 bridgehead atoms. The molecular formula is C17H18FN3O2. The fraction of sp³-hybridized carbons (Fsp3) is 0.353. The molecular weight excluding hydrogens is 297 g/mol. The van der Waals surface area contributed by atoms with Crippen LogP contribution in [0.4, 0.5) is 4.39 Å². The number of carbonyl (C=O) groups excluding carboxylic acids is 2. The van der Waals surface area contributed by atoms with Crippen molar-refractivity contribution in [3.05, 3.63) is 54.4 Å². The van der Waals surface area contributed by atoms with Crippen molar-refractivity contribution in [1.82, 2.24) is 14.5 Å². The normalized spacial score (nSPS) is 18.0. The average Bonchev–Trinajstić information content (AvgIpc) is 3.13. The van der Waals surface area contributed by atoms with Gasteiger partial charge in [-0.15, -0.1) is 0 Å². The summed E-state index contributed by atoms with van der Waals surface area (Å²) < 4.78 is 14.8. The molecule has 0 unspecified atom stereocenters. The highest BCUT2D eigenvalue weighted by molar-refractivity contribution is 6.03. The topological polar surface area (TPSA) is 55.2 Å². The third-order valence-corrected chi connectivity index (χ3v) is 4.09. The zero-order valence-corrected chi connectivity index (χ0v) is 12.7. The number of hydrogen-bond acceptors (Lipinski definition) is 3. The Morgan fingerprint density at radius 2 is 1.96 bits per heavy atom. The number of aromatic nitrogens is 2. The number of halogens is 1. The van der Waals surface area contributed by atoms with E-state index in [1.165, 1.54) is 17.0 Å². The fourth-order valence-corrected chi connectivity index (χ4v) is 2.88. The molecule has 2 amide bonds. The molecule has 0 N–H and O–H groups in total. The van der Waals surface area contributed by atoms with Gasteiger partial charge in [-0.25, -0.2) is 9.37 Å². The Bertz CT molecular complexity index is 682. The lowest BCUT2D eigenvalue weighted by Gasteiger charge is -2.15. The van der Waals surface area contributed by atoms with Crippen molar-refractivity contribution in [2.24, 2.45) is 5.92 Å². The molecule has 5 nitrogen and oxygen atoms in total. The first kappa shape index (κ1) is 15.4. The molecule has 0 aliphatic carbocycles. The van der Waals surface area contributed by atoms with Crippen LogP contribution in [0.2, 0.25) is 0 Å². The highest BCUT2D eigenvalue weighted by atomic mass is 19.1. The minimum absolute atomic E-state index is 0.118. The second-order valence-electron chi connectivity index (χ2n) is 5.77. The van der Waals surface area contributed by atoms with Crippen LogP contribution in [0.25, 0.3) is 0 Å². The SMILES string of the molecule is O=C1C[C@@H](Cc2ccc(F)cc2)C(=O)N1CCCn1ccnc1. The summed E-state index contributed by atoms with van der Waals surface area (Å²) in [6.07, 6.45) is 6.68. The van der Waals surface area contributed by atoms with Crippen molar-refractivity contribution in [3.63, 3.8) is 0 Å². The Balaban J connectivity index is 1.55. The lowest BCUT2D eigenvalue weighted by Crippen LogP contribution is -2.32. The molecule has 6 heteroatoms. The monoisotopic (exact) mass is 315 g/mol. The minimum atomic E-state index is -0.332. The number of carbonyl (C=O) groups is 2. The van der Waals surface area contributed by atoms with Crippen molar-refractivity contribution in [2.75, 3.05) is 6.54 Å². The lowest BCUT2D eigenvalue weighted by molar-refractivity contribution is -0.139. The van der Waals surface area contributed by atoms with Crippen LogP contribution in [0.5, 0.6) is 0 Å². The lowest BCUT2D eigenvalue weighted by atomic mass is 9.98. The van der Waals surface area contributed by atoms with Crippen molar-refractivity contribution >= 4 is 11.8 Å². The Hall–Kier alpha value is -2.50. The zero-order valence-electron chi connectivity index (χ0n) is 12.7. The van der Waals surface area contributed by atoms with Gasteiger partial charge in [-0.3, -0.25) is 14.5 Å². The van der Waals surface area contributed by atoms with E-state index in [0.29, 0.717) is 19.4 Å². The summed E-state index contributed by atoms with van der Waals surface area (Å²) in [5, 5.41) is 0. The maximum absolute atomic E-state index is 12.9. The molecule has 1 aromatic heterocycles. The van der Waals surface area contributed by atoms with Crippen LogP contribution in [0.1, 0.15) is 18.4 Å². The van der Waals surface area contributed by atoms with Crippen LogP contribution in [-0.4, -0.2) is 32.8 Å². The van der Waals surface area contributed by atoms with Gasteiger partial charge in [-0.1, -0.05) is 12.1 Å². The van der Waals surface area contributed by atoms with Crippen molar-refractivity contribution in [2.45, 2.75) is 25.8 Å². The van der Waals surface area contributed by atoms with Gasteiger partial charge in [0.2, 0.25) is 11.8 Å². The number of hydrogen-bond donors (Lipinski definition) is 0. The molecule has 1 fully saturated rings. The molecule has 2 heterocycles. The summed E-state index contributed by atoms with van der Waals surface area (Å²) in [6, 6.07) is 6.07. The predicted octanol–water partition coefficient (Wildman–Crippen LogP) is 2.03. The van der Waals surface area contributed by atoms with Gasteiger partial charge >= 0.3 is 0 Å². The number of amides is 2. The molecule has 1 aromatic carbocycles. The number of rotatable bonds is 6. The molecule has 1 saturated heterocycles. The summed E-state index contributed by atoms with van der Waals surface area (Å²) >= 11 is 0. The number of imidazole rings is 1. The van der Waals surface area contributed by atoms with Crippen LogP contribution < -0.4 is 0 Å². The Labute approximate surface area is 133 Å². The summed E-state index contributed by atoms with van der Waals surface area (Å²) in [7, 11) is 0. The summed E-state index contributed by atoms with van der Waals surface area (Å²) in [6.45, 7) is 1.15. The van der Waals surface area contributed by atoms with Crippen LogP contribution >= 0.6 is 0 Å². The van der Waals surface area contributed by atoms with Crippen molar-refractivity contribution in [1.29, 1.82) is 0 Å². The number of nitrogens with zero attached hydrogens (tertiary/aromatic N) is 3. The first-order valence-electron chi connectivity index (χ1n) is 7.68. The Morgan fingerprint density at radius 1 is 1.17 bits per heavy atom. The molecule has 0 spiro atoms. The van der Waals surface area contributed by atoms with E-state index >= 15 is 0 Å². The van der Waals surface area contributed by atoms with Crippen LogP contribution in [-0.2, 0) is 22.6 Å². The quantitative estimate of drug-likeness (QED) is 0.767. The summed E-state index contributed by atoms with van der Waals surface area (Å²) in [4.78, 5) is 29.8. The summed E-state index contributed by atoms with van der Waals surface area (Å²) in [5.41, 5.74) is 0.873. The van der Waals surface area contributed by atoms with E-state index < -0.39 is 0 Å². The highest BCUT2D eigenvalue weighted by Crippen LogP contribution is 2.24. The number of benzene rings is 1. The predicted molar refractivity (Wildman–Crippen MR) is 81.8 cm³/mol. The van der Waals surface area contributed by atoms with E-state index in [0.717, 1.165) is 12.1 Å². The van der Waals surface area contributed by atoms with E-state index in [4.69, 9.17) is 0 Å². The smallest absolute Gasteiger partial charge is 0.233 e. The van der Waals surface area contributed by atoms with Gasteiger partial charge in [0.15, 0.2) is 0 Å². The highest BCUT2D eigenvalue weighted by Gasteiger charge is 2.37. The van der Waals surface area contributed by atoms with E-state index in [1.54, 1.807) is 24.7 Å². The van der Waals surface area contributed by atoms with Crippen LogP contribution in [0, 0.1) is 11.7 Å². The number of aryl methyl sites for hydroxylation is 1. The third-order valence-electron chi connectivity index (χ3n) is 4.09. The van der Waals surface area contributed by atoms with E-state index in [1.807, 2.05) is 10.8 Å². The minimum Gasteiger partial charge on any atom is -0.337 e. The first-order valence-corrected chi connectivity index (χ1v) is 7.68. The van der Waals surface area contributed by atoms with Crippen molar-refractivity contribution in [3.8, 4) is 0 Å². The van der Waals surface area contributed by atoms with Crippen LogP contribution in [0.3, 0.4) is 0 Å². The molecule has 0 saturated carbocycles. The van der Waals surface area contributed by atoms with Gasteiger partial charge in [0.25, 0.3) is 0 Å². The van der Waals surface area contributed by atoms with E-state index in [2.05, 4.69) is 4.98 Å². The fourth-order valence-electron chi connectivity index (χ4n) is 2.88. The summed E-state index contributed by atoms with van der Waals surface area (Å²) in [5.74, 6) is -0.873. The molecule has 1 aliphatic rings. The standard InChI is InChI=1S/C17H18FN3O2/c18-15-4-2-13(3-5-15)10-14-11-16(22)21(17(14)23)8-1-7-20-9-6-19-12-20/h2-6,9,12,14H,1,7-8,10-11H2/t14-/m1/s1. The van der Waals surface area contributed by atoms with Gasteiger partial charge in [-0.2, -0.15) is 0 Å². The maximum Gasteiger partial charge on any atom is 0.233 e. The molecule has 2 aromatic rings. The van der Waals surface area contributed by atoms with Crippen molar-refractivity contribution < 1.29 is 14.0 Å². The molecule has 3 rings (SSSR count). The molecule has 23 heavy (non-hydrogen) atoms. The van der Waals surface area contributed by atoms with E-state index in [9.17, 15) is 14.0 Å². The van der Waals surface area contributed by atoms with Crippen LogP contribution in [0.15, 0.2) is 43.0 Å². The largest absolute Gasteiger partial charge is 0.337 e. The number of likely N-dealkylation sites (tertiary alicyclic amines) is 1. The second kappa shape index (κ2) is 6.73. The van der Waals surface area contributed by atoms with Gasteiger partial charge < -0.3 is 4.57 Å². The Kier molecular flexibility index (Phi) is 4.50. The molecule has 1 atom stereocenters. The first-order chi connectivity index (χ1) is 11.1. The van der Waals surface area contributed by atoms with Gasteiger partial charge in [-0.05, 0) is 30.5 Å². The van der Waals surface area contributed by atoms with Gasteiger partial charge in [0.05, 0.1) is 12.2 Å². The van der Waals surface area contributed by atoms with Gasteiger partial charge in [0, 0.05) is 31.9 Å². The second-order valence-corrected chi connectivity index (χ2v) is 5.77. The molecule has 120 valence electrons. The maximum atomic E-state index is 12.9. The van der Waals surface area contributed by atoms with Gasteiger partial charge in [0.1, 0.15) is 5.82 Å². The molecule has 1 aliphatic heterocycles. The zero-order chi connectivity index (χ0) is 16.2. The van der Waals surface area contributed by atoms with E-state index in [-0.39, 0.29) is 30.0 Å². The third kappa shape index (κ3) is 3.64.